The third kappa shape index (κ3) is 1.40. The second-order valence-electron chi connectivity index (χ2n) is 5.74. The van der Waals surface area contributed by atoms with Crippen molar-refractivity contribution >= 4 is 5.97 Å². The minimum absolute atomic E-state index is 0.134. The molecular weight excluding hydrogens is 192 g/mol. The topological polar surface area (TPSA) is 46.5 Å². The van der Waals surface area contributed by atoms with E-state index < -0.39 is 0 Å². The van der Waals surface area contributed by atoms with Gasteiger partial charge in [0.25, 0.3) is 0 Å². The number of carbonyl (C=O) groups excluding carboxylic acids is 1. The fourth-order valence-corrected chi connectivity index (χ4v) is 4.35. The van der Waals surface area contributed by atoms with Crippen LogP contribution in [0.3, 0.4) is 0 Å². The van der Waals surface area contributed by atoms with Crippen LogP contribution in [0.15, 0.2) is 0 Å². The number of carbonyl (C=O) groups is 1. The summed E-state index contributed by atoms with van der Waals surface area (Å²) in [7, 11) is 0. The van der Waals surface area contributed by atoms with Crippen LogP contribution in [-0.4, -0.2) is 22.8 Å². The maximum Gasteiger partial charge on any atom is 0.303 e. The molecule has 3 nitrogen and oxygen atoms in total. The highest BCUT2D eigenvalue weighted by molar-refractivity contribution is 5.66. The molecule has 0 aromatic carbocycles. The van der Waals surface area contributed by atoms with Crippen LogP contribution in [0.4, 0.5) is 0 Å². The van der Waals surface area contributed by atoms with Gasteiger partial charge in [-0.1, -0.05) is 0 Å². The fourth-order valence-electron chi connectivity index (χ4n) is 4.35. The second kappa shape index (κ2) is 2.97. The van der Waals surface area contributed by atoms with Gasteiger partial charge in [0, 0.05) is 6.92 Å². The quantitative estimate of drug-likeness (QED) is 0.667. The summed E-state index contributed by atoms with van der Waals surface area (Å²) in [4.78, 5) is 11.1. The Labute approximate surface area is 89.8 Å². The van der Waals surface area contributed by atoms with E-state index in [2.05, 4.69) is 0 Å². The molecule has 4 fully saturated rings. The van der Waals surface area contributed by atoms with Gasteiger partial charge in [0.2, 0.25) is 0 Å². The molecule has 0 heterocycles. The van der Waals surface area contributed by atoms with Gasteiger partial charge in [0.15, 0.2) is 0 Å². The summed E-state index contributed by atoms with van der Waals surface area (Å²) in [5.74, 6) is 1.29. The van der Waals surface area contributed by atoms with Crippen LogP contribution in [0.25, 0.3) is 0 Å². The van der Waals surface area contributed by atoms with Crippen molar-refractivity contribution < 1.29 is 14.6 Å². The molecule has 4 bridgehead atoms. The first-order valence-electron chi connectivity index (χ1n) is 5.96. The molecule has 0 amide bonds. The van der Waals surface area contributed by atoms with Crippen LogP contribution >= 0.6 is 0 Å². The Morgan fingerprint density at radius 1 is 1.27 bits per heavy atom. The van der Waals surface area contributed by atoms with Gasteiger partial charge in [-0.15, -0.1) is 0 Å². The zero-order valence-corrected chi connectivity index (χ0v) is 9.11. The van der Waals surface area contributed by atoms with Crippen LogP contribution in [0, 0.1) is 17.8 Å². The largest absolute Gasteiger partial charge is 0.459 e. The standard InChI is InChI=1S/C12H18O3/c1-7(13)15-12-4-8-2-9(5-12)11(14)10(3-8)6-12/h8-11,14H,2-6H2,1H3/t8?,9-,10-,11?,12?/m0/s1. The number of aliphatic hydroxyl groups excluding tert-OH is 1. The lowest BCUT2D eigenvalue weighted by Gasteiger charge is -2.57. The average Bonchev–Trinajstić information content (AvgIpc) is 2.10. The van der Waals surface area contributed by atoms with Gasteiger partial charge < -0.3 is 9.84 Å². The highest BCUT2D eigenvalue weighted by Crippen LogP contribution is 2.57. The van der Waals surface area contributed by atoms with E-state index in [0.29, 0.717) is 17.8 Å². The van der Waals surface area contributed by atoms with Crippen LogP contribution in [-0.2, 0) is 9.53 Å². The third-order valence-corrected chi connectivity index (χ3v) is 4.53. The maximum atomic E-state index is 11.1. The van der Waals surface area contributed by atoms with E-state index >= 15 is 0 Å². The highest BCUT2D eigenvalue weighted by atomic mass is 16.6. The van der Waals surface area contributed by atoms with Crippen molar-refractivity contribution in [1.82, 2.24) is 0 Å². The first kappa shape index (κ1) is 9.64. The van der Waals surface area contributed by atoms with Crippen molar-refractivity contribution in [1.29, 1.82) is 0 Å². The molecule has 0 saturated heterocycles. The Kier molecular flexibility index (Phi) is 1.91. The van der Waals surface area contributed by atoms with E-state index in [1.807, 2.05) is 0 Å². The van der Waals surface area contributed by atoms with Crippen LogP contribution < -0.4 is 0 Å². The summed E-state index contributed by atoms with van der Waals surface area (Å²) in [6.45, 7) is 1.50. The molecule has 0 aromatic heterocycles. The van der Waals surface area contributed by atoms with Crippen molar-refractivity contribution in [2.24, 2.45) is 17.8 Å². The predicted octanol–water partition coefficient (Wildman–Crippen LogP) is 1.49. The van der Waals surface area contributed by atoms with Crippen molar-refractivity contribution in [2.45, 2.75) is 50.7 Å². The zero-order valence-electron chi connectivity index (χ0n) is 9.11. The van der Waals surface area contributed by atoms with Crippen molar-refractivity contribution in [2.75, 3.05) is 0 Å². The molecule has 4 aliphatic carbocycles. The van der Waals surface area contributed by atoms with Crippen molar-refractivity contribution in [3.05, 3.63) is 0 Å². The predicted molar refractivity (Wildman–Crippen MR) is 54.1 cm³/mol. The molecule has 0 spiro atoms. The maximum absolute atomic E-state index is 11.1. The lowest BCUT2D eigenvalue weighted by Crippen LogP contribution is -2.58. The van der Waals surface area contributed by atoms with Crippen LogP contribution in [0.2, 0.25) is 0 Å². The SMILES string of the molecule is CC(=O)OC12CC3C[C@@H](C1)C(O)[C@@H](C3)C2. The van der Waals surface area contributed by atoms with E-state index in [9.17, 15) is 9.90 Å². The van der Waals surface area contributed by atoms with E-state index in [4.69, 9.17) is 4.74 Å². The first-order valence-corrected chi connectivity index (χ1v) is 5.96. The van der Waals surface area contributed by atoms with Gasteiger partial charge in [-0.25, -0.2) is 0 Å². The smallest absolute Gasteiger partial charge is 0.303 e. The second-order valence-corrected chi connectivity index (χ2v) is 5.74. The van der Waals surface area contributed by atoms with Gasteiger partial charge in [0.1, 0.15) is 5.60 Å². The Bertz CT molecular complexity index is 283. The summed E-state index contributed by atoms with van der Waals surface area (Å²) in [6.07, 6.45) is 4.96. The minimum Gasteiger partial charge on any atom is -0.459 e. The lowest BCUT2D eigenvalue weighted by molar-refractivity contribution is -0.204. The summed E-state index contributed by atoms with van der Waals surface area (Å²) in [5.41, 5.74) is -0.207. The van der Waals surface area contributed by atoms with Gasteiger partial charge in [-0.3, -0.25) is 4.79 Å². The van der Waals surface area contributed by atoms with E-state index in [-0.39, 0.29) is 17.7 Å². The monoisotopic (exact) mass is 210 g/mol. The summed E-state index contributed by atoms with van der Waals surface area (Å²) in [6, 6.07) is 0. The summed E-state index contributed by atoms with van der Waals surface area (Å²) in [5, 5.41) is 10.0. The molecule has 4 rings (SSSR count). The van der Waals surface area contributed by atoms with E-state index in [1.54, 1.807) is 0 Å². The Hall–Kier alpha value is -0.570. The van der Waals surface area contributed by atoms with Crippen LogP contribution in [0.5, 0.6) is 0 Å². The lowest BCUT2D eigenvalue weighted by atomic mass is 9.53. The van der Waals surface area contributed by atoms with Gasteiger partial charge in [-0.05, 0) is 49.9 Å². The third-order valence-electron chi connectivity index (χ3n) is 4.53. The Morgan fingerprint density at radius 2 is 1.87 bits per heavy atom. The highest BCUT2D eigenvalue weighted by Gasteiger charge is 2.56. The molecule has 15 heavy (non-hydrogen) atoms. The molecule has 0 radical (unpaired) electrons. The van der Waals surface area contributed by atoms with E-state index in [1.165, 1.54) is 6.92 Å². The Balaban J connectivity index is 1.85. The number of rotatable bonds is 1. The number of aliphatic hydroxyl groups is 1. The first-order chi connectivity index (χ1) is 7.08. The molecule has 0 aliphatic heterocycles. The van der Waals surface area contributed by atoms with Gasteiger partial charge >= 0.3 is 5.97 Å². The molecule has 1 N–H and O–H groups in total. The van der Waals surface area contributed by atoms with Gasteiger partial charge in [0.05, 0.1) is 6.10 Å². The number of esters is 1. The molecule has 0 unspecified atom stereocenters. The molecule has 84 valence electrons. The summed E-state index contributed by atoms with van der Waals surface area (Å²) >= 11 is 0. The summed E-state index contributed by atoms with van der Waals surface area (Å²) < 4.78 is 5.55. The van der Waals surface area contributed by atoms with Crippen LogP contribution in [0.1, 0.15) is 39.0 Å². The Morgan fingerprint density at radius 3 is 2.40 bits per heavy atom. The molecule has 3 heteroatoms. The molecule has 4 saturated carbocycles. The average molecular weight is 210 g/mol. The number of hydrogen-bond donors (Lipinski definition) is 1. The van der Waals surface area contributed by atoms with Crippen molar-refractivity contribution in [3.8, 4) is 0 Å². The minimum atomic E-state index is -0.207. The number of hydrogen-bond acceptors (Lipinski definition) is 3. The van der Waals surface area contributed by atoms with Gasteiger partial charge in [-0.2, -0.15) is 0 Å². The normalized spacial score (nSPS) is 51.9. The van der Waals surface area contributed by atoms with Crippen molar-refractivity contribution in [3.63, 3.8) is 0 Å². The molecule has 2 atom stereocenters. The molecule has 4 aliphatic rings. The molecular formula is C12H18O3. The zero-order chi connectivity index (χ0) is 10.6. The molecule has 0 aromatic rings. The van der Waals surface area contributed by atoms with E-state index in [0.717, 1.165) is 32.1 Å². The number of ether oxygens (including phenoxy) is 1. The fraction of sp³-hybridized carbons (Fsp3) is 0.917.